The van der Waals surface area contributed by atoms with Gasteiger partial charge in [0.25, 0.3) is 5.91 Å². The fourth-order valence-electron chi connectivity index (χ4n) is 1.06. The fourth-order valence-corrected chi connectivity index (χ4v) is 1.06. The van der Waals surface area contributed by atoms with Crippen molar-refractivity contribution in [1.29, 1.82) is 0 Å². The second kappa shape index (κ2) is 7.14. The predicted octanol–water partition coefficient (Wildman–Crippen LogP) is 0.426. The SMILES string of the molecule is CC.NC(=O)C#CC(F)(F)N1CCOCC1. The van der Waals surface area contributed by atoms with Crippen molar-refractivity contribution in [2.45, 2.75) is 19.9 Å². The minimum absolute atomic E-state index is 0.0977. The molecule has 0 aromatic rings. The van der Waals surface area contributed by atoms with Gasteiger partial charge in [0.15, 0.2) is 0 Å². The van der Waals surface area contributed by atoms with Gasteiger partial charge < -0.3 is 10.5 Å². The summed E-state index contributed by atoms with van der Waals surface area (Å²) >= 11 is 0. The van der Waals surface area contributed by atoms with Gasteiger partial charge in [-0.25, -0.2) is 4.90 Å². The number of rotatable bonds is 1. The molecule has 0 unspecified atom stereocenters. The zero-order chi connectivity index (χ0) is 12.6. The van der Waals surface area contributed by atoms with Gasteiger partial charge in [0, 0.05) is 19.0 Å². The van der Waals surface area contributed by atoms with Crippen LogP contribution in [0.25, 0.3) is 0 Å². The molecule has 4 nitrogen and oxygen atoms in total. The summed E-state index contributed by atoms with van der Waals surface area (Å²) in [7, 11) is 0. The van der Waals surface area contributed by atoms with Crippen LogP contribution in [0.15, 0.2) is 0 Å². The summed E-state index contributed by atoms with van der Waals surface area (Å²) in [6.07, 6.45) is 0. The lowest BCUT2D eigenvalue weighted by atomic mass is 10.3. The van der Waals surface area contributed by atoms with Crippen molar-refractivity contribution in [2.24, 2.45) is 5.73 Å². The lowest BCUT2D eigenvalue weighted by Gasteiger charge is -2.30. The number of carbonyl (C=O) groups is 1. The van der Waals surface area contributed by atoms with E-state index in [2.05, 4.69) is 5.73 Å². The van der Waals surface area contributed by atoms with E-state index in [9.17, 15) is 13.6 Å². The first-order valence-corrected chi connectivity index (χ1v) is 5.05. The second-order valence-corrected chi connectivity index (χ2v) is 2.75. The third-order valence-corrected chi connectivity index (χ3v) is 1.74. The first-order chi connectivity index (χ1) is 7.52. The van der Waals surface area contributed by atoms with E-state index in [-0.39, 0.29) is 26.3 Å². The number of hydrogen-bond acceptors (Lipinski definition) is 3. The molecule has 0 saturated carbocycles. The van der Waals surface area contributed by atoms with Gasteiger partial charge in [0.05, 0.1) is 13.2 Å². The van der Waals surface area contributed by atoms with E-state index in [0.717, 1.165) is 4.90 Å². The Balaban J connectivity index is 0.00000106. The Kier molecular flexibility index (Phi) is 6.61. The summed E-state index contributed by atoms with van der Waals surface area (Å²) < 4.78 is 31.2. The molecule has 1 saturated heterocycles. The van der Waals surface area contributed by atoms with E-state index in [0.29, 0.717) is 0 Å². The number of alkyl halides is 2. The normalized spacial score (nSPS) is 16.5. The van der Waals surface area contributed by atoms with Crippen LogP contribution in [-0.2, 0) is 9.53 Å². The predicted molar refractivity (Wildman–Crippen MR) is 55.7 cm³/mol. The van der Waals surface area contributed by atoms with Crippen LogP contribution < -0.4 is 5.73 Å². The molecular formula is C10H16F2N2O2. The molecule has 1 rings (SSSR count). The first-order valence-electron chi connectivity index (χ1n) is 5.05. The topological polar surface area (TPSA) is 55.6 Å². The molecule has 0 spiro atoms. The van der Waals surface area contributed by atoms with Crippen molar-refractivity contribution in [3.8, 4) is 11.8 Å². The van der Waals surface area contributed by atoms with E-state index in [1.165, 1.54) is 0 Å². The van der Waals surface area contributed by atoms with Gasteiger partial charge in [-0.05, 0) is 5.92 Å². The summed E-state index contributed by atoms with van der Waals surface area (Å²) in [5, 5.41) is 0. The largest absolute Gasteiger partial charge is 0.379 e. The number of halogens is 2. The molecule has 16 heavy (non-hydrogen) atoms. The molecule has 2 N–H and O–H groups in total. The van der Waals surface area contributed by atoms with E-state index in [1.54, 1.807) is 11.8 Å². The molecule has 92 valence electrons. The minimum atomic E-state index is -3.31. The van der Waals surface area contributed by atoms with Crippen LogP contribution in [0.2, 0.25) is 0 Å². The van der Waals surface area contributed by atoms with Crippen LogP contribution >= 0.6 is 0 Å². The molecule has 1 fully saturated rings. The highest BCUT2D eigenvalue weighted by atomic mass is 19.3. The number of morpholine rings is 1. The summed E-state index contributed by atoms with van der Waals surface area (Å²) in [4.78, 5) is 11.1. The van der Waals surface area contributed by atoms with Crippen LogP contribution in [0, 0.1) is 11.8 Å². The van der Waals surface area contributed by atoms with Crippen LogP contribution in [0.5, 0.6) is 0 Å². The van der Waals surface area contributed by atoms with E-state index in [4.69, 9.17) is 4.74 Å². The number of nitrogens with zero attached hydrogens (tertiary/aromatic N) is 1. The summed E-state index contributed by atoms with van der Waals surface area (Å²) in [6, 6.07) is -3.31. The number of amides is 1. The highest BCUT2D eigenvalue weighted by molar-refractivity contribution is 5.92. The van der Waals surface area contributed by atoms with E-state index in [1.807, 2.05) is 13.8 Å². The maximum Gasteiger partial charge on any atom is 0.370 e. The maximum atomic E-state index is 13.2. The third kappa shape index (κ3) is 5.05. The maximum absolute atomic E-state index is 13.2. The van der Waals surface area contributed by atoms with Crippen LogP contribution in [0.3, 0.4) is 0 Å². The Morgan fingerprint density at radius 1 is 1.38 bits per heavy atom. The quantitative estimate of drug-likeness (QED) is 0.528. The van der Waals surface area contributed by atoms with Gasteiger partial charge in [-0.3, -0.25) is 4.79 Å². The smallest absolute Gasteiger partial charge is 0.370 e. The zero-order valence-electron chi connectivity index (χ0n) is 9.43. The highest BCUT2D eigenvalue weighted by Gasteiger charge is 2.35. The molecule has 0 radical (unpaired) electrons. The molecule has 0 aromatic carbocycles. The standard InChI is InChI=1S/C8H10F2N2O2.C2H6/c9-8(10,2-1-7(11)13)12-3-5-14-6-4-12;1-2/h3-6H2,(H2,11,13);1-2H3. The average molecular weight is 234 g/mol. The van der Waals surface area contributed by atoms with Crippen LogP contribution in [0.1, 0.15) is 13.8 Å². The zero-order valence-corrected chi connectivity index (χ0v) is 9.43. The molecule has 0 aliphatic carbocycles. The first kappa shape index (κ1) is 14.8. The average Bonchev–Trinajstić information content (AvgIpc) is 2.30. The lowest BCUT2D eigenvalue weighted by Crippen LogP contribution is -2.47. The Morgan fingerprint density at radius 2 is 1.88 bits per heavy atom. The third-order valence-electron chi connectivity index (χ3n) is 1.74. The number of carbonyl (C=O) groups excluding carboxylic acids is 1. The van der Waals surface area contributed by atoms with Crippen LogP contribution in [0.4, 0.5) is 8.78 Å². The van der Waals surface area contributed by atoms with Gasteiger partial charge in [0.1, 0.15) is 0 Å². The summed E-state index contributed by atoms with van der Waals surface area (Å²) in [5.41, 5.74) is 4.64. The number of ether oxygens (including phenoxy) is 1. The Labute approximate surface area is 93.7 Å². The van der Waals surface area contributed by atoms with Gasteiger partial charge in [-0.2, -0.15) is 8.78 Å². The number of primary amides is 1. The number of hydrogen-bond donors (Lipinski definition) is 1. The van der Waals surface area contributed by atoms with Gasteiger partial charge >= 0.3 is 6.05 Å². The summed E-state index contributed by atoms with van der Waals surface area (Å²) in [5.74, 6) is 2.12. The Morgan fingerprint density at radius 3 is 2.31 bits per heavy atom. The van der Waals surface area contributed by atoms with Crippen LogP contribution in [-0.4, -0.2) is 43.2 Å². The molecule has 1 aliphatic heterocycles. The Bertz CT molecular complexity index is 278. The summed E-state index contributed by atoms with van der Waals surface area (Å²) in [6.45, 7) is 4.68. The van der Waals surface area contributed by atoms with E-state index < -0.39 is 12.0 Å². The molecule has 0 bridgehead atoms. The van der Waals surface area contributed by atoms with Crippen molar-refractivity contribution >= 4 is 5.91 Å². The van der Waals surface area contributed by atoms with Gasteiger partial charge in [0.2, 0.25) is 0 Å². The van der Waals surface area contributed by atoms with E-state index >= 15 is 0 Å². The number of nitrogens with two attached hydrogens (primary N) is 1. The molecule has 0 atom stereocenters. The molecule has 1 amide bonds. The fraction of sp³-hybridized carbons (Fsp3) is 0.700. The molecule has 1 heterocycles. The van der Waals surface area contributed by atoms with Crippen molar-refractivity contribution in [1.82, 2.24) is 4.90 Å². The lowest BCUT2D eigenvalue weighted by molar-refractivity contribution is -0.130. The minimum Gasteiger partial charge on any atom is -0.379 e. The van der Waals surface area contributed by atoms with Gasteiger partial charge in [-0.1, -0.05) is 13.8 Å². The molecule has 1 aliphatic rings. The Hall–Kier alpha value is -1.19. The van der Waals surface area contributed by atoms with Crippen molar-refractivity contribution < 1.29 is 18.3 Å². The monoisotopic (exact) mass is 234 g/mol. The molecule has 6 heteroatoms. The second-order valence-electron chi connectivity index (χ2n) is 2.75. The molecule has 0 aromatic heterocycles. The highest BCUT2D eigenvalue weighted by Crippen LogP contribution is 2.19. The van der Waals surface area contributed by atoms with Gasteiger partial charge in [-0.15, -0.1) is 0 Å². The molecular weight excluding hydrogens is 218 g/mol. The van der Waals surface area contributed by atoms with Crippen molar-refractivity contribution in [2.75, 3.05) is 26.3 Å². The van der Waals surface area contributed by atoms with Crippen molar-refractivity contribution in [3.05, 3.63) is 0 Å². The van der Waals surface area contributed by atoms with Crippen molar-refractivity contribution in [3.63, 3.8) is 0 Å².